The summed E-state index contributed by atoms with van der Waals surface area (Å²) >= 11 is 5.26. The van der Waals surface area contributed by atoms with E-state index in [0.717, 1.165) is 43.6 Å². The van der Waals surface area contributed by atoms with Crippen LogP contribution < -0.4 is 4.90 Å². The standard InChI is InChI=1S/C20H17N3OS3/c1-3-16(25-11-1)14-13-15(22-20(21-14)23-7-9-24-10-8-23)17-5-6-19(27-17)18-4-2-12-26-18/h1-6,11-13H,7-10H2. The largest absolute Gasteiger partial charge is 0.378 e. The van der Waals surface area contributed by atoms with Crippen LogP contribution in [-0.2, 0) is 4.74 Å². The Morgan fingerprint density at radius 1 is 0.778 bits per heavy atom. The second kappa shape index (κ2) is 7.52. The summed E-state index contributed by atoms with van der Waals surface area (Å²) in [5.74, 6) is 0.797. The van der Waals surface area contributed by atoms with Gasteiger partial charge < -0.3 is 9.64 Å². The van der Waals surface area contributed by atoms with E-state index < -0.39 is 0 Å². The Bertz CT molecular complexity index is 1020. The average Bonchev–Trinajstić information content (AvgIpc) is 3.50. The van der Waals surface area contributed by atoms with Crippen molar-refractivity contribution in [1.29, 1.82) is 0 Å². The van der Waals surface area contributed by atoms with Crippen LogP contribution >= 0.6 is 34.0 Å². The molecule has 0 radical (unpaired) electrons. The van der Waals surface area contributed by atoms with Crippen LogP contribution in [0, 0.1) is 0 Å². The molecular formula is C20H17N3OS3. The van der Waals surface area contributed by atoms with Gasteiger partial charge >= 0.3 is 0 Å². The molecule has 5 rings (SSSR count). The van der Waals surface area contributed by atoms with Crippen molar-refractivity contribution in [2.24, 2.45) is 0 Å². The monoisotopic (exact) mass is 411 g/mol. The summed E-state index contributed by atoms with van der Waals surface area (Å²) in [7, 11) is 0. The number of hydrogen-bond acceptors (Lipinski definition) is 7. The normalized spacial score (nSPS) is 14.6. The number of rotatable bonds is 4. The molecule has 0 amide bonds. The van der Waals surface area contributed by atoms with Crippen LogP contribution in [0.15, 0.2) is 53.2 Å². The van der Waals surface area contributed by atoms with Gasteiger partial charge in [0.05, 0.1) is 34.4 Å². The van der Waals surface area contributed by atoms with Gasteiger partial charge in [0.25, 0.3) is 0 Å². The third-order valence-corrected chi connectivity index (χ3v) is 7.47. The quantitative estimate of drug-likeness (QED) is 0.444. The minimum Gasteiger partial charge on any atom is -0.378 e. The van der Waals surface area contributed by atoms with E-state index in [-0.39, 0.29) is 0 Å². The number of aromatic nitrogens is 2. The lowest BCUT2D eigenvalue weighted by Crippen LogP contribution is -2.37. The summed E-state index contributed by atoms with van der Waals surface area (Å²) in [5.41, 5.74) is 1.98. The molecule has 0 bridgehead atoms. The Balaban J connectivity index is 1.57. The molecule has 1 fully saturated rings. The summed E-state index contributed by atoms with van der Waals surface area (Å²) in [5, 5.41) is 4.20. The Labute approximate surface area is 169 Å². The van der Waals surface area contributed by atoms with Gasteiger partial charge in [-0.2, -0.15) is 0 Å². The van der Waals surface area contributed by atoms with Gasteiger partial charge in [0, 0.05) is 22.8 Å². The molecule has 7 heteroatoms. The molecule has 0 atom stereocenters. The molecule has 136 valence electrons. The highest BCUT2D eigenvalue weighted by molar-refractivity contribution is 7.23. The van der Waals surface area contributed by atoms with Crippen molar-refractivity contribution in [3.8, 4) is 30.9 Å². The maximum atomic E-state index is 5.49. The maximum absolute atomic E-state index is 5.49. The summed E-state index contributed by atoms with van der Waals surface area (Å²) in [4.78, 5) is 16.9. The molecule has 4 nitrogen and oxygen atoms in total. The number of ether oxygens (including phenoxy) is 1. The molecule has 0 spiro atoms. The Hall–Kier alpha value is -2.06. The van der Waals surface area contributed by atoms with E-state index >= 15 is 0 Å². The van der Waals surface area contributed by atoms with Gasteiger partial charge in [0.2, 0.25) is 5.95 Å². The van der Waals surface area contributed by atoms with E-state index in [1.54, 1.807) is 34.0 Å². The van der Waals surface area contributed by atoms with E-state index in [0.29, 0.717) is 0 Å². The van der Waals surface area contributed by atoms with Crippen molar-refractivity contribution in [3.05, 3.63) is 53.2 Å². The zero-order valence-electron chi connectivity index (χ0n) is 14.5. The van der Waals surface area contributed by atoms with Gasteiger partial charge in [-0.25, -0.2) is 9.97 Å². The van der Waals surface area contributed by atoms with Crippen LogP contribution in [0.5, 0.6) is 0 Å². The maximum Gasteiger partial charge on any atom is 0.226 e. The predicted octanol–water partition coefficient (Wildman–Crippen LogP) is 5.50. The molecule has 4 aromatic heterocycles. The zero-order valence-corrected chi connectivity index (χ0v) is 16.9. The van der Waals surface area contributed by atoms with Gasteiger partial charge in [-0.15, -0.1) is 34.0 Å². The summed E-state index contributed by atoms with van der Waals surface area (Å²) in [6.45, 7) is 3.11. The van der Waals surface area contributed by atoms with Gasteiger partial charge in [-0.1, -0.05) is 12.1 Å². The molecule has 0 aliphatic carbocycles. The molecular weight excluding hydrogens is 394 g/mol. The average molecular weight is 412 g/mol. The minimum atomic E-state index is 0.726. The Morgan fingerprint density at radius 3 is 2.15 bits per heavy atom. The first kappa shape index (κ1) is 17.1. The van der Waals surface area contributed by atoms with Gasteiger partial charge in [0.15, 0.2) is 0 Å². The predicted molar refractivity (Wildman–Crippen MR) is 115 cm³/mol. The summed E-state index contributed by atoms with van der Waals surface area (Å²) in [6, 6.07) is 14.9. The smallest absolute Gasteiger partial charge is 0.226 e. The molecule has 1 saturated heterocycles. The van der Waals surface area contributed by atoms with Crippen LogP contribution in [0.25, 0.3) is 30.9 Å². The molecule has 1 aliphatic rings. The second-order valence-corrected chi connectivity index (χ2v) is 9.14. The molecule has 1 aliphatic heterocycles. The Morgan fingerprint density at radius 2 is 1.44 bits per heavy atom. The summed E-state index contributed by atoms with van der Waals surface area (Å²) < 4.78 is 5.49. The van der Waals surface area contributed by atoms with Crippen molar-refractivity contribution < 1.29 is 4.74 Å². The van der Waals surface area contributed by atoms with Crippen LogP contribution in [0.1, 0.15) is 0 Å². The van der Waals surface area contributed by atoms with Crippen molar-refractivity contribution in [1.82, 2.24) is 9.97 Å². The fourth-order valence-electron chi connectivity index (χ4n) is 3.04. The number of nitrogens with zero attached hydrogens (tertiary/aromatic N) is 3. The first-order chi connectivity index (χ1) is 13.4. The fourth-order valence-corrected chi connectivity index (χ4v) is 5.53. The van der Waals surface area contributed by atoms with Crippen molar-refractivity contribution in [2.75, 3.05) is 31.2 Å². The lowest BCUT2D eigenvalue weighted by molar-refractivity contribution is 0.122. The Kier molecular flexibility index (Phi) is 4.75. The molecule has 5 heterocycles. The van der Waals surface area contributed by atoms with E-state index in [9.17, 15) is 0 Å². The molecule has 4 aromatic rings. The topological polar surface area (TPSA) is 38.2 Å². The number of hydrogen-bond donors (Lipinski definition) is 0. The van der Waals surface area contributed by atoms with E-state index in [2.05, 4.69) is 58.1 Å². The lowest BCUT2D eigenvalue weighted by Gasteiger charge is -2.27. The first-order valence-electron chi connectivity index (χ1n) is 8.76. The van der Waals surface area contributed by atoms with Crippen molar-refractivity contribution in [3.63, 3.8) is 0 Å². The molecule has 0 saturated carbocycles. The van der Waals surface area contributed by atoms with Gasteiger partial charge in [-0.3, -0.25) is 0 Å². The highest BCUT2D eigenvalue weighted by atomic mass is 32.1. The molecule has 0 unspecified atom stereocenters. The van der Waals surface area contributed by atoms with Gasteiger partial charge in [0.1, 0.15) is 0 Å². The van der Waals surface area contributed by atoms with Crippen molar-refractivity contribution in [2.45, 2.75) is 0 Å². The van der Waals surface area contributed by atoms with Crippen molar-refractivity contribution >= 4 is 40.0 Å². The van der Waals surface area contributed by atoms with Crippen LogP contribution in [-0.4, -0.2) is 36.3 Å². The first-order valence-corrected chi connectivity index (χ1v) is 11.3. The lowest BCUT2D eigenvalue weighted by atomic mass is 10.2. The van der Waals surface area contributed by atoms with E-state index in [1.165, 1.54) is 19.5 Å². The molecule has 0 aromatic carbocycles. The van der Waals surface area contributed by atoms with Gasteiger partial charge in [-0.05, 0) is 41.1 Å². The van der Waals surface area contributed by atoms with Crippen LogP contribution in [0.3, 0.4) is 0 Å². The van der Waals surface area contributed by atoms with E-state index in [1.807, 2.05) is 0 Å². The highest BCUT2D eigenvalue weighted by Crippen LogP contribution is 2.37. The number of morpholine rings is 1. The zero-order chi connectivity index (χ0) is 18.1. The number of thiophene rings is 3. The third kappa shape index (κ3) is 3.55. The number of anilines is 1. The van der Waals surface area contributed by atoms with E-state index in [4.69, 9.17) is 14.7 Å². The highest BCUT2D eigenvalue weighted by Gasteiger charge is 2.18. The minimum absolute atomic E-state index is 0.726. The molecule has 0 N–H and O–H groups in total. The van der Waals surface area contributed by atoms with Crippen LogP contribution in [0.4, 0.5) is 5.95 Å². The van der Waals surface area contributed by atoms with Crippen LogP contribution in [0.2, 0.25) is 0 Å². The summed E-state index contributed by atoms with van der Waals surface area (Å²) in [6.07, 6.45) is 0. The molecule has 27 heavy (non-hydrogen) atoms. The SMILES string of the molecule is c1csc(-c2cc(-c3ccc(-c4cccs4)s3)nc(N3CCOCC3)n2)c1. The fraction of sp³-hybridized carbons (Fsp3) is 0.200. The third-order valence-electron chi connectivity index (χ3n) is 4.40. The second-order valence-electron chi connectivity index (χ2n) is 6.16.